The molecule has 3 aliphatic rings. The Morgan fingerprint density at radius 2 is 1.73 bits per heavy atom. The second kappa shape index (κ2) is 11.5. The third-order valence-electron chi connectivity index (χ3n) is 7.53. The van der Waals surface area contributed by atoms with Crippen molar-refractivity contribution in [3.63, 3.8) is 0 Å². The minimum Gasteiger partial charge on any atom is -0.382 e. The molecule has 6 N–H and O–H groups in total. The maximum atomic E-state index is 15.9. The van der Waals surface area contributed by atoms with Crippen LogP contribution >= 0.6 is 16.4 Å². The Labute approximate surface area is 246 Å². The van der Waals surface area contributed by atoms with Crippen LogP contribution in [0.2, 0.25) is 0 Å². The number of halogens is 1. The minimum absolute atomic E-state index is 0.0256. The van der Waals surface area contributed by atoms with Crippen molar-refractivity contribution in [1.82, 2.24) is 44.1 Å². The van der Waals surface area contributed by atoms with Gasteiger partial charge in [-0.15, -0.1) is 0 Å². The molecule has 3 aliphatic heterocycles. The molecule has 3 saturated heterocycles. The highest BCUT2D eigenvalue weighted by molar-refractivity contribution is 7.36. The van der Waals surface area contributed by atoms with Crippen molar-refractivity contribution >= 4 is 50.5 Å². The fraction of sp³-hybridized carbons (Fsp3) is 0.524. The Morgan fingerprint density at radius 3 is 2.52 bits per heavy atom. The number of nitrogens with zero attached hydrogens (tertiary/aromatic N) is 7. The first-order valence-electron chi connectivity index (χ1n) is 13.1. The molecule has 0 aromatic carbocycles. The topological polar surface area (TPSA) is 261 Å². The first-order valence-corrected chi connectivity index (χ1v) is 15.7. The highest BCUT2D eigenvalue weighted by atomic mass is 31.1. The summed E-state index contributed by atoms with van der Waals surface area (Å²) in [5, 5.41) is 2.65. The van der Waals surface area contributed by atoms with Gasteiger partial charge in [-0.25, -0.2) is 29.4 Å². The maximum Gasteiger partial charge on any atom is 0.319 e. The predicted molar refractivity (Wildman–Crippen MR) is 148 cm³/mol. The van der Waals surface area contributed by atoms with E-state index in [1.165, 1.54) is 35.2 Å². The molecule has 23 heteroatoms. The van der Waals surface area contributed by atoms with Crippen LogP contribution < -0.4 is 22.1 Å². The highest BCUT2D eigenvalue weighted by Crippen LogP contribution is 2.43. The quantitative estimate of drug-likeness (QED) is 0.201. The van der Waals surface area contributed by atoms with Crippen LogP contribution in [0.1, 0.15) is 12.5 Å². The first-order chi connectivity index (χ1) is 21.2. The first kappa shape index (κ1) is 29.3. The van der Waals surface area contributed by atoms with Crippen molar-refractivity contribution in [2.75, 3.05) is 31.8 Å². The van der Waals surface area contributed by atoms with Gasteiger partial charge in [0.05, 0.1) is 31.9 Å². The van der Waals surface area contributed by atoms with Crippen molar-refractivity contribution in [2.45, 2.75) is 49.1 Å². The van der Waals surface area contributed by atoms with E-state index in [9.17, 15) is 13.9 Å². The predicted octanol–water partition coefficient (Wildman–Crippen LogP) is -0.559. The van der Waals surface area contributed by atoms with Gasteiger partial charge in [0, 0.05) is 7.11 Å². The van der Waals surface area contributed by atoms with Crippen LogP contribution in [0.15, 0.2) is 23.8 Å². The lowest BCUT2D eigenvalue weighted by Crippen LogP contribution is -2.41. The molecule has 44 heavy (non-hydrogen) atoms. The van der Waals surface area contributed by atoms with Crippen LogP contribution in [-0.4, -0.2) is 96.0 Å². The number of nitrogens with one attached hydrogen (secondary N) is 2. The summed E-state index contributed by atoms with van der Waals surface area (Å²) in [6.45, 7) is -0.725. The number of imidazole rings is 2. The Balaban J connectivity index is 1.17. The van der Waals surface area contributed by atoms with Crippen LogP contribution in [0.4, 0.5) is 16.2 Å². The molecule has 0 amide bonds. The molecule has 2 bridgehead atoms. The minimum atomic E-state index is -3.33. The van der Waals surface area contributed by atoms with Gasteiger partial charge in [-0.3, -0.25) is 32.6 Å². The van der Waals surface area contributed by atoms with Crippen molar-refractivity contribution in [3.8, 4) is 0 Å². The monoisotopic (exact) mass is 657 g/mol. The Kier molecular flexibility index (Phi) is 7.68. The van der Waals surface area contributed by atoms with Gasteiger partial charge in [0.15, 0.2) is 41.3 Å². The maximum absolute atomic E-state index is 15.9. The van der Waals surface area contributed by atoms with Gasteiger partial charge in [0.2, 0.25) is 5.95 Å². The second-order valence-electron chi connectivity index (χ2n) is 10.0. The average molecular weight is 657 g/mol. The summed E-state index contributed by atoms with van der Waals surface area (Å²) in [6.07, 6.45) is -4.44. The van der Waals surface area contributed by atoms with Crippen molar-refractivity contribution in [2.24, 2.45) is 0 Å². The normalized spacial score (nSPS) is 34.9. The van der Waals surface area contributed by atoms with E-state index < -0.39 is 77.7 Å². The van der Waals surface area contributed by atoms with Crippen molar-refractivity contribution in [3.05, 3.63) is 29.3 Å². The molecule has 3 fully saturated rings. The molecule has 236 valence electrons. The van der Waals surface area contributed by atoms with Gasteiger partial charge in [-0.2, -0.15) is 4.98 Å². The van der Waals surface area contributed by atoms with Crippen molar-refractivity contribution in [1.29, 1.82) is 0 Å². The van der Waals surface area contributed by atoms with Gasteiger partial charge in [0.1, 0.15) is 36.3 Å². The molecule has 10 unspecified atom stereocenters. The molecule has 4 aromatic heterocycles. The number of alkyl halides is 1. The van der Waals surface area contributed by atoms with Gasteiger partial charge < -0.3 is 34.7 Å². The Bertz CT molecular complexity index is 1820. The third kappa shape index (κ3) is 4.99. The van der Waals surface area contributed by atoms with E-state index in [0.29, 0.717) is 0 Å². The number of fused-ring (bicyclic) bond motifs is 5. The number of nitrogen functional groups attached to an aromatic ring is 2. The van der Waals surface area contributed by atoms with Crippen molar-refractivity contribution < 1.29 is 41.3 Å². The highest BCUT2D eigenvalue weighted by Gasteiger charge is 2.51. The van der Waals surface area contributed by atoms with Crippen LogP contribution in [0.3, 0.4) is 0 Å². The fourth-order valence-corrected chi connectivity index (χ4v) is 7.41. The lowest BCUT2D eigenvalue weighted by molar-refractivity contribution is -0.0496. The molecule has 7 heterocycles. The van der Waals surface area contributed by atoms with Gasteiger partial charge >= 0.3 is 8.25 Å². The number of aromatic nitrogens is 8. The fourth-order valence-electron chi connectivity index (χ4n) is 5.55. The number of hydrogen-bond acceptors (Lipinski definition) is 16. The second-order valence-corrected chi connectivity index (χ2v) is 12.2. The smallest absolute Gasteiger partial charge is 0.319 e. The number of rotatable bonds is 3. The summed E-state index contributed by atoms with van der Waals surface area (Å²) in [6, 6.07) is -1.21. The summed E-state index contributed by atoms with van der Waals surface area (Å²) in [5.41, 5.74) is 11.5. The summed E-state index contributed by atoms with van der Waals surface area (Å²) < 4.78 is 79.5. The van der Waals surface area contributed by atoms with Gasteiger partial charge in [0.25, 0.3) is 13.7 Å². The SMILES string of the molecule is COC1C2CO[PH](=O)NC3C(CO[PH](=O)OC1C(n1cnc4c(=O)[nH]c(N)nc41)O2)OC(n1cnc2c(N)ncnc21)C3F. The molecular formula is C21H26FN11O9P2. The summed E-state index contributed by atoms with van der Waals surface area (Å²) in [7, 11) is -5.09. The summed E-state index contributed by atoms with van der Waals surface area (Å²) >= 11 is 0. The Morgan fingerprint density at radius 1 is 1.00 bits per heavy atom. The van der Waals surface area contributed by atoms with E-state index in [-0.39, 0.29) is 40.7 Å². The molecule has 0 radical (unpaired) electrons. The zero-order valence-corrected chi connectivity index (χ0v) is 24.6. The molecule has 0 spiro atoms. The van der Waals surface area contributed by atoms with Gasteiger partial charge in [-0.05, 0) is 0 Å². The lowest BCUT2D eigenvalue weighted by Gasteiger charge is -2.24. The number of aromatic amines is 1. The van der Waals surface area contributed by atoms with Crippen LogP contribution in [-0.2, 0) is 36.9 Å². The molecular weight excluding hydrogens is 631 g/mol. The average Bonchev–Trinajstić information content (AvgIpc) is 3.75. The molecule has 10 atom stereocenters. The molecule has 20 nitrogen and oxygen atoms in total. The number of nitrogens with two attached hydrogens (primary N) is 2. The Hall–Kier alpha value is -3.39. The van der Waals surface area contributed by atoms with E-state index in [1.54, 1.807) is 0 Å². The summed E-state index contributed by atoms with van der Waals surface area (Å²) in [4.78, 5) is 35.1. The van der Waals surface area contributed by atoms with E-state index in [4.69, 9.17) is 39.2 Å². The van der Waals surface area contributed by atoms with Crippen LogP contribution in [0.25, 0.3) is 22.3 Å². The third-order valence-corrected chi connectivity index (χ3v) is 9.40. The number of anilines is 2. The zero-order chi connectivity index (χ0) is 30.7. The number of hydrogen-bond donors (Lipinski definition) is 4. The number of ether oxygens (including phenoxy) is 3. The van der Waals surface area contributed by atoms with E-state index >= 15 is 4.39 Å². The standard InChI is InChI=1S/C21H26FN11O9P2/c1-37-13-8-3-38-43(35)31-10-7(40-19(9(10)22)32-5-27-11-15(23)25-4-26-16(11)32)2-39-44(36)42-14(13)20(41-8)33-6-28-12-17(33)29-21(24)30-18(12)34/h4-10,13-14,19-20,43-44H,2-3H2,1H3,(H,31,35)(H2,23,25,26)(H3,24,29,30,34). The van der Waals surface area contributed by atoms with E-state index in [2.05, 4.69) is 35.0 Å². The molecule has 4 aromatic rings. The van der Waals surface area contributed by atoms with E-state index in [0.717, 1.165) is 0 Å². The molecule has 0 saturated carbocycles. The lowest BCUT2D eigenvalue weighted by atomic mass is 10.1. The largest absolute Gasteiger partial charge is 0.382 e. The number of H-pyrrole nitrogens is 1. The van der Waals surface area contributed by atoms with Gasteiger partial charge in [-0.1, -0.05) is 0 Å². The number of methoxy groups -OCH3 is 1. The molecule has 0 aliphatic carbocycles. The van der Waals surface area contributed by atoms with Crippen LogP contribution in [0, 0.1) is 0 Å². The summed E-state index contributed by atoms with van der Waals surface area (Å²) in [5.74, 6) is -0.0681. The van der Waals surface area contributed by atoms with E-state index in [1.807, 2.05) is 0 Å². The molecule has 7 rings (SSSR count). The van der Waals surface area contributed by atoms with Crippen LogP contribution in [0.5, 0.6) is 0 Å². The zero-order valence-electron chi connectivity index (χ0n) is 22.6.